The lowest BCUT2D eigenvalue weighted by Crippen LogP contribution is -2.51. The predicted octanol–water partition coefficient (Wildman–Crippen LogP) is 2.65. The molecule has 2 aliphatic rings. The molecule has 1 unspecified atom stereocenters. The first-order chi connectivity index (χ1) is 8.67. The zero-order valence-corrected chi connectivity index (χ0v) is 12.2. The van der Waals surface area contributed by atoms with Crippen molar-refractivity contribution in [3.8, 4) is 0 Å². The molecule has 2 saturated heterocycles. The summed E-state index contributed by atoms with van der Waals surface area (Å²) in [5, 5.41) is 0. The van der Waals surface area contributed by atoms with Crippen LogP contribution in [0.5, 0.6) is 0 Å². The smallest absolute Gasteiger partial charge is 0.222 e. The quantitative estimate of drug-likeness (QED) is 0.679. The molecule has 104 valence electrons. The van der Waals surface area contributed by atoms with Gasteiger partial charge in [0.05, 0.1) is 0 Å². The highest BCUT2D eigenvalue weighted by atomic mass is 16.2. The molecule has 0 saturated carbocycles. The molecule has 0 aromatic carbocycles. The summed E-state index contributed by atoms with van der Waals surface area (Å²) in [7, 11) is 0. The molecule has 2 aliphatic heterocycles. The van der Waals surface area contributed by atoms with Gasteiger partial charge in [-0.05, 0) is 19.8 Å². The number of nitrogens with zero attached hydrogens (tertiary/aromatic N) is 2. The van der Waals surface area contributed by atoms with Crippen molar-refractivity contribution < 1.29 is 4.79 Å². The van der Waals surface area contributed by atoms with Crippen LogP contribution < -0.4 is 0 Å². The second-order valence-corrected chi connectivity index (χ2v) is 5.98. The van der Waals surface area contributed by atoms with Gasteiger partial charge in [-0.3, -0.25) is 9.69 Å². The van der Waals surface area contributed by atoms with Crippen LogP contribution in [0.4, 0.5) is 0 Å². The lowest BCUT2D eigenvalue weighted by atomic mass is 10.1. The molecular weight excluding hydrogens is 224 g/mol. The van der Waals surface area contributed by atoms with E-state index in [0.29, 0.717) is 30.5 Å². The first-order valence-corrected chi connectivity index (χ1v) is 7.72. The fourth-order valence-electron chi connectivity index (χ4n) is 3.60. The number of likely N-dealkylation sites (tertiary alicyclic amines) is 2. The topological polar surface area (TPSA) is 23.6 Å². The first kappa shape index (κ1) is 13.9. The van der Waals surface area contributed by atoms with Gasteiger partial charge in [0.2, 0.25) is 5.91 Å². The highest BCUT2D eigenvalue weighted by Gasteiger charge is 2.45. The molecule has 2 fully saturated rings. The Morgan fingerprint density at radius 3 is 2.56 bits per heavy atom. The van der Waals surface area contributed by atoms with E-state index >= 15 is 0 Å². The third-order valence-corrected chi connectivity index (χ3v) is 4.70. The molecule has 18 heavy (non-hydrogen) atoms. The van der Waals surface area contributed by atoms with Crippen LogP contribution in [0, 0.1) is 0 Å². The van der Waals surface area contributed by atoms with E-state index in [1.165, 1.54) is 32.1 Å². The van der Waals surface area contributed by atoms with Crippen molar-refractivity contribution in [2.24, 2.45) is 0 Å². The van der Waals surface area contributed by atoms with Gasteiger partial charge >= 0.3 is 0 Å². The molecule has 3 heteroatoms. The summed E-state index contributed by atoms with van der Waals surface area (Å²) >= 11 is 0. The van der Waals surface area contributed by atoms with E-state index in [1.807, 2.05) is 6.92 Å². The summed E-state index contributed by atoms with van der Waals surface area (Å²) in [5.41, 5.74) is 0. The molecule has 3 nitrogen and oxygen atoms in total. The van der Waals surface area contributed by atoms with Gasteiger partial charge in [0, 0.05) is 37.6 Å². The Kier molecular flexibility index (Phi) is 4.66. The molecule has 2 bridgehead atoms. The normalized spacial score (nSPS) is 28.9. The number of hydrogen-bond donors (Lipinski definition) is 0. The average molecular weight is 252 g/mol. The van der Waals surface area contributed by atoms with Crippen LogP contribution >= 0.6 is 0 Å². The molecule has 0 spiro atoms. The van der Waals surface area contributed by atoms with E-state index < -0.39 is 0 Å². The number of amides is 1. The summed E-state index contributed by atoms with van der Waals surface area (Å²) in [5.74, 6) is 0.348. The Morgan fingerprint density at radius 2 is 2.00 bits per heavy atom. The maximum Gasteiger partial charge on any atom is 0.222 e. The minimum absolute atomic E-state index is 0.348. The number of carbonyl (C=O) groups is 1. The van der Waals surface area contributed by atoms with Gasteiger partial charge in [0.25, 0.3) is 0 Å². The number of unbranched alkanes of at least 4 members (excludes halogenated alkanes) is 2. The fourth-order valence-corrected chi connectivity index (χ4v) is 3.60. The van der Waals surface area contributed by atoms with Crippen LogP contribution in [0.3, 0.4) is 0 Å². The minimum Gasteiger partial charge on any atom is -0.337 e. The molecule has 1 amide bonds. The van der Waals surface area contributed by atoms with Crippen molar-refractivity contribution in [2.75, 3.05) is 13.1 Å². The van der Waals surface area contributed by atoms with Gasteiger partial charge in [0.1, 0.15) is 0 Å². The molecule has 0 N–H and O–H groups in total. The fraction of sp³-hybridized carbons (Fsp3) is 0.933. The van der Waals surface area contributed by atoms with E-state index in [1.54, 1.807) is 0 Å². The summed E-state index contributed by atoms with van der Waals surface area (Å²) in [6.45, 7) is 8.69. The second-order valence-electron chi connectivity index (χ2n) is 5.98. The first-order valence-electron chi connectivity index (χ1n) is 7.72. The highest BCUT2D eigenvalue weighted by molar-refractivity contribution is 5.76. The Hall–Kier alpha value is -0.570. The lowest BCUT2D eigenvalue weighted by Gasteiger charge is -2.37. The van der Waals surface area contributed by atoms with Crippen molar-refractivity contribution in [2.45, 2.75) is 77.4 Å². The van der Waals surface area contributed by atoms with Gasteiger partial charge < -0.3 is 4.90 Å². The SMILES string of the molecule is CCCCCC(C)N1C[C@@H]2C[C@H]1CN2C(=O)CC. The van der Waals surface area contributed by atoms with Crippen molar-refractivity contribution in [1.29, 1.82) is 0 Å². The standard InChI is InChI=1S/C15H28N2O/c1-4-6-7-8-12(3)16-10-14-9-13(16)11-17(14)15(18)5-2/h12-14H,4-11H2,1-3H3/t12?,13-,14-/m0/s1. The van der Waals surface area contributed by atoms with E-state index in [-0.39, 0.29) is 0 Å². The largest absolute Gasteiger partial charge is 0.337 e. The molecule has 2 heterocycles. The maximum absolute atomic E-state index is 11.8. The Morgan fingerprint density at radius 1 is 1.22 bits per heavy atom. The Labute approximate surface area is 112 Å². The van der Waals surface area contributed by atoms with Crippen LogP contribution in [0.15, 0.2) is 0 Å². The van der Waals surface area contributed by atoms with Crippen LogP contribution in [0.25, 0.3) is 0 Å². The third kappa shape index (κ3) is 2.71. The lowest BCUT2D eigenvalue weighted by molar-refractivity contribution is -0.133. The minimum atomic E-state index is 0.348. The summed E-state index contributed by atoms with van der Waals surface area (Å²) in [4.78, 5) is 16.6. The predicted molar refractivity (Wildman–Crippen MR) is 74.5 cm³/mol. The molecule has 0 radical (unpaired) electrons. The van der Waals surface area contributed by atoms with Crippen molar-refractivity contribution in [3.63, 3.8) is 0 Å². The monoisotopic (exact) mass is 252 g/mol. The van der Waals surface area contributed by atoms with Crippen molar-refractivity contribution >= 4 is 5.91 Å². The molecule has 0 aromatic rings. The van der Waals surface area contributed by atoms with Gasteiger partial charge in [-0.2, -0.15) is 0 Å². The second kappa shape index (κ2) is 6.05. The van der Waals surface area contributed by atoms with Gasteiger partial charge in [-0.15, -0.1) is 0 Å². The Bertz CT molecular complexity index is 292. The third-order valence-electron chi connectivity index (χ3n) is 4.70. The van der Waals surface area contributed by atoms with Crippen molar-refractivity contribution in [1.82, 2.24) is 9.80 Å². The maximum atomic E-state index is 11.8. The molecule has 3 atom stereocenters. The van der Waals surface area contributed by atoms with E-state index in [9.17, 15) is 4.79 Å². The van der Waals surface area contributed by atoms with E-state index in [2.05, 4.69) is 23.6 Å². The Balaban J connectivity index is 1.81. The van der Waals surface area contributed by atoms with Gasteiger partial charge in [-0.25, -0.2) is 0 Å². The zero-order chi connectivity index (χ0) is 13.1. The van der Waals surface area contributed by atoms with Crippen LogP contribution in [0.2, 0.25) is 0 Å². The van der Waals surface area contributed by atoms with Crippen LogP contribution in [-0.2, 0) is 4.79 Å². The zero-order valence-electron chi connectivity index (χ0n) is 12.2. The van der Waals surface area contributed by atoms with Gasteiger partial charge in [-0.1, -0.05) is 33.1 Å². The number of hydrogen-bond acceptors (Lipinski definition) is 2. The van der Waals surface area contributed by atoms with Crippen LogP contribution in [0.1, 0.15) is 59.3 Å². The number of carbonyl (C=O) groups excluding carboxylic acids is 1. The average Bonchev–Trinajstić information content (AvgIpc) is 2.97. The van der Waals surface area contributed by atoms with Crippen molar-refractivity contribution in [3.05, 3.63) is 0 Å². The summed E-state index contributed by atoms with van der Waals surface area (Å²) in [6, 6.07) is 1.85. The highest BCUT2D eigenvalue weighted by Crippen LogP contribution is 2.33. The molecule has 0 aromatic heterocycles. The van der Waals surface area contributed by atoms with Gasteiger partial charge in [0.15, 0.2) is 0 Å². The summed E-state index contributed by atoms with van der Waals surface area (Å²) < 4.78 is 0. The number of rotatable bonds is 6. The molecule has 0 aliphatic carbocycles. The van der Waals surface area contributed by atoms with E-state index in [0.717, 1.165) is 13.1 Å². The molecule has 2 rings (SSSR count). The van der Waals surface area contributed by atoms with Crippen LogP contribution in [-0.4, -0.2) is 46.9 Å². The number of fused-ring (bicyclic) bond motifs is 2. The summed E-state index contributed by atoms with van der Waals surface area (Å²) in [6.07, 6.45) is 7.20. The van der Waals surface area contributed by atoms with E-state index in [4.69, 9.17) is 0 Å². The molecular formula is C15H28N2O. The number of piperazine rings is 1.